The highest BCUT2D eigenvalue weighted by atomic mass is 32.2. The summed E-state index contributed by atoms with van der Waals surface area (Å²) in [5.74, 6) is -1.30. The van der Waals surface area contributed by atoms with Gasteiger partial charge in [-0.15, -0.1) is 11.3 Å². The Morgan fingerprint density at radius 1 is 1.57 bits per heavy atom. The summed E-state index contributed by atoms with van der Waals surface area (Å²) >= 11 is 0.777. The van der Waals surface area contributed by atoms with Crippen molar-refractivity contribution < 1.29 is 18.3 Å². The van der Waals surface area contributed by atoms with Crippen LogP contribution in [-0.2, 0) is 21.2 Å². The number of hydrogen-bond donors (Lipinski definition) is 3. The second kappa shape index (κ2) is 6.04. The van der Waals surface area contributed by atoms with E-state index in [1.54, 1.807) is 0 Å². The molecule has 21 heavy (non-hydrogen) atoms. The van der Waals surface area contributed by atoms with Crippen molar-refractivity contribution in [2.24, 2.45) is 0 Å². The molecule has 1 unspecified atom stereocenters. The van der Waals surface area contributed by atoms with Gasteiger partial charge in [0.1, 0.15) is 21.2 Å². The number of aliphatic carboxylic acids is 1. The van der Waals surface area contributed by atoms with Crippen molar-refractivity contribution in [2.75, 3.05) is 0 Å². The lowest BCUT2D eigenvalue weighted by Gasteiger charge is -2.12. The normalized spacial score (nSPS) is 12.7. The molecule has 3 N–H and O–H groups in total. The molecule has 10 heteroatoms. The number of nitrogens with zero attached hydrogens (tertiary/aromatic N) is 2. The maximum Gasteiger partial charge on any atom is 0.322 e. The Kier molecular flexibility index (Phi) is 4.37. The first-order chi connectivity index (χ1) is 9.92. The lowest BCUT2D eigenvalue weighted by Crippen LogP contribution is -2.42. The van der Waals surface area contributed by atoms with E-state index < -0.39 is 22.0 Å². The summed E-state index contributed by atoms with van der Waals surface area (Å²) in [6.45, 7) is 0. The highest BCUT2D eigenvalue weighted by Crippen LogP contribution is 2.21. The highest BCUT2D eigenvalue weighted by molar-refractivity contribution is 7.91. The van der Waals surface area contributed by atoms with E-state index in [4.69, 9.17) is 10.4 Å². The zero-order chi connectivity index (χ0) is 15.5. The molecular weight excluding hydrogens is 316 g/mol. The van der Waals surface area contributed by atoms with Gasteiger partial charge < -0.3 is 10.1 Å². The number of nitrogens with one attached hydrogen (secondary N) is 2. The van der Waals surface area contributed by atoms with Crippen LogP contribution in [0.3, 0.4) is 0 Å². The molecule has 0 amide bonds. The molecular formula is C11H10N4O4S2. The minimum absolute atomic E-state index is 0.0644. The highest BCUT2D eigenvalue weighted by Gasteiger charge is 2.27. The van der Waals surface area contributed by atoms with E-state index in [-0.39, 0.29) is 15.5 Å². The Morgan fingerprint density at radius 3 is 2.86 bits per heavy atom. The van der Waals surface area contributed by atoms with Crippen molar-refractivity contribution in [3.8, 4) is 6.07 Å². The molecule has 0 aliphatic heterocycles. The Bertz CT molecular complexity index is 774. The van der Waals surface area contributed by atoms with Crippen LogP contribution >= 0.6 is 11.3 Å². The zero-order valence-corrected chi connectivity index (χ0v) is 12.1. The van der Waals surface area contributed by atoms with Crippen LogP contribution in [0.25, 0.3) is 0 Å². The predicted molar refractivity (Wildman–Crippen MR) is 73.1 cm³/mol. The van der Waals surface area contributed by atoms with Gasteiger partial charge in [0.2, 0.25) is 0 Å². The number of carbonyl (C=O) groups is 1. The second-order valence-corrected chi connectivity index (χ2v) is 7.05. The van der Waals surface area contributed by atoms with Gasteiger partial charge in [-0.25, -0.2) is 13.4 Å². The first kappa shape index (κ1) is 15.2. The van der Waals surface area contributed by atoms with E-state index in [0.29, 0.717) is 5.69 Å². The van der Waals surface area contributed by atoms with Gasteiger partial charge in [-0.2, -0.15) is 9.98 Å². The molecule has 0 aliphatic carbocycles. The van der Waals surface area contributed by atoms with Crippen LogP contribution in [0.2, 0.25) is 0 Å². The second-order valence-electron chi connectivity index (χ2n) is 4.02. The van der Waals surface area contributed by atoms with Crippen LogP contribution in [0.1, 0.15) is 10.6 Å². The number of thiophene rings is 1. The van der Waals surface area contributed by atoms with Crippen LogP contribution in [0.4, 0.5) is 0 Å². The van der Waals surface area contributed by atoms with Gasteiger partial charge in [-0.1, -0.05) is 0 Å². The summed E-state index contributed by atoms with van der Waals surface area (Å²) < 4.78 is 26.2. The number of carboxylic acids is 1. The van der Waals surface area contributed by atoms with E-state index in [0.717, 1.165) is 11.3 Å². The summed E-state index contributed by atoms with van der Waals surface area (Å²) in [7, 11) is -3.99. The molecule has 0 spiro atoms. The first-order valence-electron chi connectivity index (χ1n) is 5.64. The largest absolute Gasteiger partial charge is 0.480 e. The minimum Gasteiger partial charge on any atom is -0.480 e. The third-order valence-corrected chi connectivity index (χ3v) is 5.48. The molecule has 0 saturated carbocycles. The van der Waals surface area contributed by atoms with Gasteiger partial charge in [0.15, 0.2) is 0 Å². The average Bonchev–Trinajstić information content (AvgIpc) is 3.08. The van der Waals surface area contributed by atoms with Crippen molar-refractivity contribution in [1.82, 2.24) is 14.7 Å². The van der Waals surface area contributed by atoms with Crippen LogP contribution in [0.15, 0.2) is 28.9 Å². The maximum absolute atomic E-state index is 12.1. The van der Waals surface area contributed by atoms with Gasteiger partial charge in [0.25, 0.3) is 10.0 Å². The number of carboxylic acid groups (broad SMARTS) is 1. The molecule has 0 saturated heterocycles. The van der Waals surface area contributed by atoms with Crippen LogP contribution in [-0.4, -0.2) is 35.5 Å². The zero-order valence-electron chi connectivity index (χ0n) is 10.5. The fourth-order valence-corrected chi connectivity index (χ4v) is 3.87. The molecule has 2 heterocycles. The molecule has 8 nitrogen and oxygen atoms in total. The van der Waals surface area contributed by atoms with E-state index in [1.165, 1.54) is 24.7 Å². The maximum atomic E-state index is 12.1. The fourth-order valence-electron chi connectivity index (χ4n) is 1.57. The molecule has 2 aromatic rings. The van der Waals surface area contributed by atoms with Crippen molar-refractivity contribution >= 4 is 27.3 Å². The topological polar surface area (TPSA) is 136 Å². The van der Waals surface area contributed by atoms with Crippen LogP contribution in [0, 0.1) is 11.3 Å². The summed E-state index contributed by atoms with van der Waals surface area (Å²) in [5.41, 5.74) is 0.494. The Labute approximate surface area is 124 Å². The summed E-state index contributed by atoms with van der Waals surface area (Å²) in [5, 5.41) is 17.8. The lowest BCUT2D eigenvalue weighted by molar-refractivity contribution is -0.138. The number of aromatic amines is 1. The summed E-state index contributed by atoms with van der Waals surface area (Å²) in [4.78, 5) is 17.9. The smallest absolute Gasteiger partial charge is 0.322 e. The number of nitriles is 1. The predicted octanol–water partition coefficient (Wildman–Crippen LogP) is 0.317. The van der Waals surface area contributed by atoms with Crippen molar-refractivity contribution in [2.45, 2.75) is 16.7 Å². The van der Waals surface area contributed by atoms with Crippen molar-refractivity contribution in [3.05, 3.63) is 35.2 Å². The van der Waals surface area contributed by atoms with Gasteiger partial charge in [0, 0.05) is 18.3 Å². The Balaban J connectivity index is 2.19. The fraction of sp³-hybridized carbons (Fsp3) is 0.182. The monoisotopic (exact) mass is 326 g/mol. The number of sulfonamides is 1. The molecule has 0 aromatic carbocycles. The molecule has 110 valence electrons. The van der Waals surface area contributed by atoms with E-state index in [2.05, 4.69) is 14.7 Å². The van der Waals surface area contributed by atoms with Crippen molar-refractivity contribution in [1.29, 1.82) is 5.26 Å². The molecule has 0 aliphatic rings. The average molecular weight is 326 g/mol. The third-order valence-electron chi connectivity index (χ3n) is 2.53. The molecule has 0 radical (unpaired) electrons. The van der Waals surface area contributed by atoms with Crippen LogP contribution in [0.5, 0.6) is 0 Å². The number of rotatable bonds is 6. The van der Waals surface area contributed by atoms with Crippen LogP contribution < -0.4 is 4.72 Å². The molecule has 2 aromatic heterocycles. The molecule has 2 rings (SSSR count). The van der Waals surface area contributed by atoms with Gasteiger partial charge >= 0.3 is 5.97 Å². The molecule has 0 bridgehead atoms. The summed E-state index contributed by atoms with van der Waals surface area (Å²) in [6, 6.07) is 3.13. The Morgan fingerprint density at radius 2 is 2.33 bits per heavy atom. The lowest BCUT2D eigenvalue weighted by atomic mass is 10.2. The van der Waals surface area contributed by atoms with Gasteiger partial charge in [-0.3, -0.25) is 4.79 Å². The Hall–Kier alpha value is -2.22. The first-order valence-corrected chi connectivity index (χ1v) is 7.94. The van der Waals surface area contributed by atoms with Gasteiger partial charge in [-0.05, 0) is 12.1 Å². The summed E-state index contributed by atoms with van der Waals surface area (Å²) in [6.07, 6.45) is 2.73. The minimum atomic E-state index is -3.99. The third kappa shape index (κ3) is 3.66. The standard InChI is InChI=1S/C11H10N4O4S2/c12-4-8-1-2-10(20-8)21(18,19)15-9(11(16)17)3-7-5-13-6-14-7/h1-2,5-6,9,15H,3H2,(H,13,14)(H,16,17). The van der Waals surface area contributed by atoms with E-state index >= 15 is 0 Å². The number of imidazole rings is 1. The quantitative estimate of drug-likeness (QED) is 0.699. The molecule has 1 atom stereocenters. The van der Waals surface area contributed by atoms with E-state index in [1.807, 2.05) is 6.07 Å². The van der Waals surface area contributed by atoms with Gasteiger partial charge in [0.05, 0.1) is 6.33 Å². The number of aromatic nitrogens is 2. The van der Waals surface area contributed by atoms with Crippen molar-refractivity contribution in [3.63, 3.8) is 0 Å². The SMILES string of the molecule is N#Cc1ccc(S(=O)(=O)NC(Cc2cnc[nH]2)C(=O)O)s1. The number of hydrogen-bond acceptors (Lipinski definition) is 6. The number of H-pyrrole nitrogens is 1. The van der Waals surface area contributed by atoms with E-state index in [9.17, 15) is 13.2 Å². The molecule has 0 fully saturated rings.